The summed E-state index contributed by atoms with van der Waals surface area (Å²) in [5.41, 5.74) is 7.21. The van der Waals surface area contributed by atoms with E-state index in [9.17, 15) is 19.2 Å². The molecule has 0 aliphatic carbocycles. The summed E-state index contributed by atoms with van der Waals surface area (Å²) in [4.78, 5) is 62.7. The molecule has 1 atom stereocenters. The first-order chi connectivity index (χ1) is 23.3. The first-order valence-electron chi connectivity index (χ1n) is 15.7. The van der Waals surface area contributed by atoms with Gasteiger partial charge in [0, 0.05) is 42.7 Å². The maximum Gasteiger partial charge on any atom is 0.407 e. The molecule has 1 fully saturated rings. The van der Waals surface area contributed by atoms with Crippen LogP contribution in [0.5, 0.6) is 0 Å². The average Bonchev–Trinajstić information content (AvgIpc) is 3.43. The molecule has 0 radical (unpaired) electrons. The van der Waals surface area contributed by atoms with Gasteiger partial charge < -0.3 is 24.4 Å². The minimum Gasteiger partial charge on any atom is -0.460 e. The molecular weight excluding hydrogens is 658 g/mol. The van der Waals surface area contributed by atoms with Gasteiger partial charge in [0.1, 0.15) is 12.2 Å². The summed E-state index contributed by atoms with van der Waals surface area (Å²) in [6.07, 6.45) is 0.951. The number of amides is 1. The van der Waals surface area contributed by atoms with Crippen molar-refractivity contribution in [3.8, 4) is 11.8 Å². The van der Waals surface area contributed by atoms with Crippen molar-refractivity contribution >= 4 is 40.8 Å². The molecule has 1 aliphatic rings. The van der Waals surface area contributed by atoms with Crippen LogP contribution in [0.4, 0.5) is 10.7 Å². The minimum absolute atomic E-state index is 0.0705. The molecule has 17 heteroatoms. The highest BCUT2D eigenvalue weighted by molar-refractivity contribution is 6.31. The Morgan fingerprint density at radius 3 is 2.69 bits per heavy atom. The van der Waals surface area contributed by atoms with E-state index < -0.39 is 28.9 Å². The largest absolute Gasteiger partial charge is 0.460 e. The number of benzene rings is 1. The lowest BCUT2D eigenvalue weighted by atomic mass is 10.1. The predicted molar refractivity (Wildman–Crippen MR) is 183 cm³/mol. The van der Waals surface area contributed by atoms with Gasteiger partial charge in [0.2, 0.25) is 5.95 Å². The van der Waals surface area contributed by atoms with Crippen LogP contribution in [-0.4, -0.2) is 81.8 Å². The zero-order chi connectivity index (χ0) is 35.7. The Bertz CT molecular complexity index is 1930. The van der Waals surface area contributed by atoms with Crippen LogP contribution in [-0.2, 0) is 34.3 Å². The fourth-order valence-corrected chi connectivity index (χ4v) is 5.54. The number of piperidine rings is 1. The van der Waals surface area contributed by atoms with E-state index in [-0.39, 0.29) is 67.2 Å². The lowest BCUT2D eigenvalue weighted by Crippen LogP contribution is -2.49. The Labute approximate surface area is 287 Å². The van der Waals surface area contributed by atoms with Crippen molar-refractivity contribution in [1.29, 1.82) is 0 Å². The predicted octanol–water partition coefficient (Wildman–Crippen LogP) is 3.60. The second kappa shape index (κ2) is 16.4. The van der Waals surface area contributed by atoms with E-state index in [1.807, 2.05) is 4.90 Å². The normalized spacial score (nSPS) is 14.5. The molecule has 1 aliphatic heterocycles. The molecule has 3 aromatic rings. The summed E-state index contributed by atoms with van der Waals surface area (Å²) in [5.74, 6) is 5.59. The molecule has 4 rings (SSSR count). The number of hydrogen-bond acceptors (Lipinski definition) is 10. The number of ether oxygens (including phenoxy) is 3. The van der Waals surface area contributed by atoms with Crippen molar-refractivity contribution in [1.82, 2.24) is 24.0 Å². The number of alkyl carbamates (subject to hydrolysis) is 1. The molecule has 0 saturated carbocycles. The molecule has 0 bridgehead atoms. The lowest BCUT2D eigenvalue weighted by Gasteiger charge is -2.34. The number of esters is 1. The van der Waals surface area contributed by atoms with Gasteiger partial charge in [-0.2, -0.15) is 4.98 Å². The summed E-state index contributed by atoms with van der Waals surface area (Å²) in [6, 6.07) is 4.29. The Hall–Kier alpha value is -4.97. The summed E-state index contributed by atoms with van der Waals surface area (Å²) < 4.78 is 20.1. The van der Waals surface area contributed by atoms with Gasteiger partial charge in [-0.1, -0.05) is 28.7 Å². The molecule has 0 unspecified atom stereocenters. The number of azide groups is 1. The Kier molecular flexibility index (Phi) is 12.4. The number of aryl methyl sites for hydroxylation is 1. The summed E-state index contributed by atoms with van der Waals surface area (Å²) in [7, 11) is 1.52. The second-order valence-corrected chi connectivity index (χ2v) is 12.7. The quantitative estimate of drug-likeness (QED) is 0.0737. The van der Waals surface area contributed by atoms with Crippen molar-refractivity contribution in [2.75, 3.05) is 44.4 Å². The van der Waals surface area contributed by atoms with Crippen LogP contribution < -0.4 is 21.5 Å². The average molecular weight is 698 g/mol. The van der Waals surface area contributed by atoms with Gasteiger partial charge in [-0.25, -0.2) is 14.4 Å². The van der Waals surface area contributed by atoms with Gasteiger partial charge >= 0.3 is 17.8 Å². The van der Waals surface area contributed by atoms with E-state index in [0.717, 1.165) is 17.4 Å². The lowest BCUT2D eigenvalue weighted by molar-refractivity contribution is 0.0327. The maximum atomic E-state index is 14.2. The zero-order valence-corrected chi connectivity index (χ0v) is 28.9. The SMILES string of the molecule is CC#CCn1c(N2CCC[C@@H](NC(=O)OC(C)(C)C)C2)nc2c1c(=O)n(Cc1ccc(Cl)cc1C(=O)OCCOCCN=[N+]=[N-])c(=O)n2C. The molecule has 0 spiro atoms. The van der Waals surface area contributed by atoms with Crippen molar-refractivity contribution < 1.29 is 23.8 Å². The summed E-state index contributed by atoms with van der Waals surface area (Å²) in [5, 5.41) is 6.55. The maximum absolute atomic E-state index is 14.2. The molecule has 1 aromatic carbocycles. The minimum atomic E-state index is -0.715. The third-order valence-corrected chi connectivity index (χ3v) is 7.77. The van der Waals surface area contributed by atoms with Gasteiger partial charge in [-0.15, -0.1) is 5.92 Å². The first-order valence-corrected chi connectivity index (χ1v) is 16.1. The number of rotatable bonds is 12. The third-order valence-electron chi connectivity index (χ3n) is 7.53. The fourth-order valence-electron chi connectivity index (χ4n) is 5.37. The summed E-state index contributed by atoms with van der Waals surface area (Å²) in [6.45, 7) is 8.25. The molecule has 49 heavy (non-hydrogen) atoms. The highest BCUT2D eigenvalue weighted by Crippen LogP contribution is 2.24. The number of halogens is 1. The van der Waals surface area contributed by atoms with Crippen LogP contribution in [0, 0.1) is 11.8 Å². The molecular formula is C32H40ClN9O7. The number of anilines is 1. The van der Waals surface area contributed by atoms with Crippen molar-refractivity contribution in [2.24, 2.45) is 12.2 Å². The number of aromatic nitrogens is 4. The molecule has 2 aromatic heterocycles. The molecule has 1 amide bonds. The van der Waals surface area contributed by atoms with E-state index in [2.05, 4.69) is 27.2 Å². The molecule has 262 valence electrons. The second-order valence-electron chi connectivity index (χ2n) is 12.3. The van der Waals surface area contributed by atoms with Crippen LogP contribution >= 0.6 is 11.6 Å². The van der Waals surface area contributed by atoms with Crippen molar-refractivity contribution in [2.45, 2.75) is 65.3 Å². The van der Waals surface area contributed by atoms with Crippen molar-refractivity contribution in [3.05, 3.63) is 65.6 Å². The Morgan fingerprint density at radius 2 is 1.98 bits per heavy atom. The number of carbonyl (C=O) groups excluding carboxylic acids is 2. The van der Waals surface area contributed by atoms with Crippen molar-refractivity contribution in [3.63, 3.8) is 0 Å². The van der Waals surface area contributed by atoms with Gasteiger partial charge in [-0.05, 0) is 63.8 Å². The molecule has 16 nitrogen and oxygen atoms in total. The van der Waals surface area contributed by atoms with E-state index in [4.69, 9.17) is 36.3 Å². The molecule has 1 N–H and O–H groups in total. The van der Waals surface area contributed by atoms with Gasteiger partial charge in [-0.3, -0.25) is 18.5 Å². The Morgan fingerprint density at radius 1 is 1.20 bits per heavy atom. The number of nitrogens with zero attached hydrogens (tertiary/aromatic N) is 8. The van der Waals surface area contributed by atoms with E-state index in [1.165, 1.54) is 17.7 Å². The summed E-state index contributed by atoms with van der Waals surface area (Å²) >= 11 is 6.21. The number of imidazole rings is 1. The topological polar surface area (TPSA) is 188 Å². The smallest absolute Gasteiger partial charge is 0.407 e. The van der Waals surface area contributed by atoms with E-state index >= 15 is 0 Å². The zero-order valence-electron chi connectivity index (χ0n) is 28.2. The number of nitrogens with one attached hydrogen (secondary N) is 1. The fraction of sp³-hybridized carbons (Fsp3) is 0.531. The third kappa shape index (κ3) is 9.35. The molecule has 1 saturated heterocycles. The number of fused-ring (bicyclic) bond motifs is 1. The van der Waals surface area contributed by atoms with Crippen LogP contribution in [0.3, 0.4) is 0 Å². The van der Waals surface area contributed by atoms with Gasteiger partial charge in [0.05, 0.1) is 31.9 Å². The van der Waals surface area contributed by atoms with Crippen LogP contribution in [0.2, 0.25) is 5.02 Å². The standard InChI is InChI=1S/C32H40ClN9O7/c1-6-7-14-41-25-26(37-29(41)40-13-8-9-23(20-40)36-30(45)49-32(2,3)4)39(5)31(46)42(27(25)43)19-21-10-11-22(33)18-24(21)28(44)48-17-16-47-15-12-35-38-34/h10-11,18,23H,8-9,12-17,19-20H2,1-5H3,(H,36,45)/t23-/m1/s1. The van der Waals surface area contributed by atoms with Crippen LogP contribution in [0.15, 0.2) is 32.9 Å². The molecule has 3 heterocycles. The van der Waals surface area contributed by atoms with E-state index in [0.29, 0.717) is 24.6 Å². The van der Waals surface area contributed by atoms with Gasteiger partial charge in [0.25, 0.3) is 5.56 Å². The number of hydrogen-bond donors (Lipinski definition) is 1. The van der Waals surface area contributed by atoms with Gasteiger partial charge in [0.15, 0.2) is 11.2 Å². The monoisotopic (exact) mass is 697 g/mol. The first kappa shape index (κ1) is 36.9. The highest BCUT2D eigenvalue weighted by Gasteiger charge is 2.29. The highest BCUT2D eigenvalue weighted by atomic mass is 35.5. The van der Waals surface area contributed by atoms with E-state index in [1.54, 1.807) is 44.4 Å². The number of carbonyl (C=O) groups is 2. The van der Waals surface area contributed by atoms with Crippen LogP contribution in [0.25, 0.3) is 21.6 Å². The van der Waals surface area contributed by atoms with Crippen LogP contribution in [0.1, 0.15) is 56.5 Å². The Balaban J connectivity index is 1.67.